The Morgan fingerprint density at radius 3 is 2.82 bits per heavy atom. The molecule has 1 fully saturated rings. The molecular formula is C19H19NOS. The van der Waals surface area contributed by atoms with Gasteiger partial charge in [0.25, 0.3) is 0 Å². The van der Waals surface area contributed by atoms with Crippen LogP contribution in [0.5, 0.6) is 0 Å². The highest BCUT2D eigenvalue weighted by Gasteiger charge is 2.27. The lowest BCUT2D eigenvalue weighted by molar-refractivity contribution is 0.0997. The van der Waals surface area contributed by atoms with Crippen LogP contribution in [-0.4, -0.2) is 30.7 Å². The van der Waals surface area contributed by atoms with E-state index in [4.69, 9.17) is 17.8 Å². The van der Waals surface area contributed by atoms with Crippen LogP contribution in [0.15, 0.2) is 41.3 Å². The summed E-state index contributed by atoms with van der Waals surface area (Å²) in [5.41, 5.74) is -1.83. The lowest BCUT2D eigenvalue weighted by Gasteiger charge is -2.27. The highest BCUT2D eigenvalue weighted by Crippen LogP contribution is 2.40. The molecule has 112 valence electrons. The molecule has 1 aromatic heterocycles. The van der Waals surface area contributed by atoms with Crippen LogP contribution in [0.2, 0.25) is 0 Å². The van der Waals surface area contributed by atoms with Crippen LogP contribution in [0, 0.1) is 0 Å². The van der Waals surface area contributed by atoms with Gasteiger partial charge in [-0.15, -0.1) is 11.3 Å². The zero-order valence-corrected chi connectivity index (χ0v) is 12.0. The van der Waals surface area contributed by atoms with Gasteiger partial charge in [-0.1, -0.05) is 29.8 Å². The molecule has 0 saturated carbocycles. The molecule has 1 saturated heterocycles. The van der Waals surface area contributed by atoms with Gasteiger partial charge in [-0.2, -0.15) is 0 Å². The summed E-state index contributed by atoms with van der Waals surface area (Å²) in [5, 5.41) is 1.42. The Balaban J connectivity index is 2.25. The Labute approximate surface area is 153 Å². The number of hydrogen-bond acceptors (Lipinski definition) is 3. The highest BCUT2D eigenvalue weighted by atomic mass is 32.1. The van der Waals surface area contributed by atoms with Gasteiger partial charge in [0.1, 0.15) is 0 Å². The first-order chi connectivity index (χ1) is 15.7. The average Bonchev–Trinajstić information content (AvgIpc) is 3.15. The lowest BCUT2D eigenvalue weighted by Crippen LogP contribution is -2.27. The molecule has 1 aliphatic heterocycles. The normalized spacial score (nSPS) is 39.6. The van der Waals surface area contributed by atoms with Crippen LogP contribution in [0.4, 0.5) is 0 Å². The van der Waals surface area contributed by atoms with Crippen molar-refractivity contribution in [3.63, 3.8) is 0 Å². The first kappa shape index (κ1) is 5.73. The molecular weight excluding hydrogens is 290 g/mol. The van der Waals surface area contributed by atoms with Gasteiger partial charge in [0.2, 0.25) is 0 Å². The minimum Gasteiger partial charge on any atom is -0.306 e. The number of benzene rings is 1. The number of rotatable bonds is 0. The van der Waals surface area contributed by atoms with Crippen LogP contribution in [0.25, 0.3) is 5.57 Å². The summed E-state index contributed by atoms with van der Waals surface area (Å²) in [6, 6.07) is 6.82. The molecule has 0 bridgehead atoms. The topological polar surface area (TPSA) is 20.3 Å². The molecule has 0 N–H and O–H groups in total. The standard InChI is InChI=1S/C19H19NOS/c1-20-9-6-13(7-10-20)18-15-5-3-2-4-14(15)12-17(21)19-16(18)8-11-22-19/h2-5,8,11H,6-7,9-10,12H2,1H3/i1D3,6D2,7D2,9D2,10D2,12D2. The first-order valence-electron chi connectivity index (χ1n) is 13.0. The van der Waals surface area contributed by atoms with E-state index in [9.17, 15) is 4.79 Å². The van der Waals surface area contributed by atoms with Gasteiger partial charge in [0.15, 0.2) is 5.78 Å². The maximum Gasteiger partial charge on any atom is 0.177 e. The predicted molar refractivity (Wildman–Crippen MR) is 91.5 cm³/mol. The van der Waals surface area contributed by atoms with Crippen LogP contribution >= 0.6 is 11.3 Å². The quantitative estimate of drug-likeness (QED) is 0.730. The Kier molecular flexibility index (Phi) is 1.43. The number of likely N-dealkylation sites (tertiary alicyclic amines) is 1. The van der Waals surface area contributed by atoms with Gasteiger partial charge in [-0.05, 0) is 47.9 Å². The minimum absolute atomic E-state index is 0.0782. The third-order valence-electron chi connectivity index (χ3n) is 3.42. The molecule has 1 aromatic carbocycles. The minimum atomic E-state index is -3.57. The van der Waals surface area contributed by atoms with E-state index in [1.807, 2.05) is 0 Å². The van der Waals surface area contributed by atoms with Gasteiger partial charge in [0.05, 0.1) is 4.88 Å². The Morgan fingerprint density at radius 1 is 1.18 bits per heavy atom. The van der Waals surface area contributed by atoms with Crippen molar-refractivity contribution in [1.82, 2.24) is 4.90 Å². The van der Waals surface area contributed by atoms with Crippen molar-refractivity contribution in [2.45, 2.75) is 19.1 Å². The fraction of sp³-hybridized carbons (Fsp3) is 0.316. The van der Waals surface area contributed by atoms with Crippen molar-refractivity contribution >= 4 is 22.7 Å². The number of hydrogen-bond donors (Lipinski definition) is 0. The van der Waals surface area contributed by atoms with Gasteiger partial charge < -0.3 is 4.90 Å². The maximum absolute atomic E-state index is 13.2. The molecule has 2 heterocycles. The molecule has 2 nitrogen and oxygen atoms in total. The van der Waals surface area contributed by atoms with Gasteiger partial charge >= 0.3 is 0 Å². The zero-order valence-electron chi connectivity index (χ0n) is 24.2. The van der Waals surface area contributed by atoms with Crippen LogP contribution in [0.1, 0.15) is 56.9 Å². The molecule has 1 aliphatic carbocycles. The molecule has 0 radical (unpaired) electrons. The van der Waals surface area contributed by atoms with E-state index in [2.05, 4.69) is 0 Å². The smallest absolute Gasteiger partial charge is 0.177 e. The third kappa shape index (κ3) is 2.25. The highest BCUT2D eigenvalue weighted by molar-refractivity contribution is 7.12. The van der Waals surface area contributed by atoms with Crippen LogP contribution in [-0.2, 0) is 6.37 Å². The van der Waals surface area contributed by atoms with E-state index < -0.39 is 55.3 Å². The van der Waals surface area contributed by atoms with Crippen LogP contribution < -0.4 is 0 Å². The molecule has 2 aliphatic rings. The summed E-state index contributed by atoms with van der Waals surface area (Å²) in [6.07, 6.45) is -9.47. The average molecular weight is 323 g/mol. The second-order valence-corrected chi connectivity index (χ2v) is 5.64. The SMILES string of the molecule is [2H]C1([2H])C(=O)c2sccc2C(=C2C([2H])([2H])C([2H])([2H])N(C([2H])([2H])[2H])C([2H])([2H])C2([2H])[2H])c2ccccc21. The number of carbonyl (C=O) groups is 1. The van der Waals surface area contributed by atoms with Crippen molar-refractivity contribution in [2.75, 3.05) is 20.0 Å². The Bertz CT molecular complexity index is 1230. The number of piperidine rings is 1. The van der Waals surface area contributed by atoms with Gasteiger partial charge in [0, 0.05) is 42.7 Å². The number of thiophene rings is 1. The molecule has 4 rings (SSSR count). The summed E-state index contributed by atoms with van der Waals surface area (Å²) in [6.45, 7) is -10.7. The molecule has 0 spiro atoms. The van der Waals surface area contributed by atoms with Crippen molar-refractivity contribution in [2.24, 2.45) is 0 Å². The zero-order chi connectivity index (χ0) is 26.6. The van der Waals surface area contributed by atoms with Crippen molar-refractivity contribution in [3.8, 4) is 0 Å². The second kappa shape index (κ2) is 5.49. The Hall–Kier alpha value is -1.71. The number of ketones is 1. The summed E-state index contributed by atoms with van der Waals surface area (Å²) in [4.78, 5) is 12.6. The molecule has 3 heteroatoms. The fourth-order valence-electron chi connectivity index (χ4n) is 2.49. The van der Waals surface area contributed by atoms with Crippen molar-refractivity contribution < 1.29 is 22.6 Å². The van der Waals surface area contributed by atoms with E-state index in [1.54, 1.807) is 0 Å². The van der Waals surface area contributed by atoms with Crippen molar-refractivity contribution in [1.29, 1.82) is 0 Å². The van der Waals surface area contributed by atoms with E-state index in [-0.39, 0.29) is 27.1 Å². The first-order valence-corrected chi connectivity index (χ1v) is 7.39. The number of Topliss-reactive ketones (excluding diaryl/α,β-unsaturated/α-hetero) is 1. The summed E-state index contributed by atoms with van der Waals surface area (Å²) in [7, 11) is 0. The summed E-state index contributed by atoms with van der Waals surface area (Å²) >= 11 is 0.836. The van der Waals surface area contributed by atoms with Gasteiger partial charge in [-0.25, -0.2) is 0 Å². The third-order valence-corrected chi connectivity index (χ3v) is 4.33. The molecule has 2 aromatic rings. The van der Waals surface area contributed by atoms with E-state index in [1.165, 1.54) is 35.7 Å². The summed E-state index contributed by atoms with van der Waals surface area (Å²) < 4.78 is 108. The molecule has 0 amide bonds. The summed E-state index contributed by atoms with van der Waals surface area (Å²) in [5.74, 6) is -0.961. The van der Waals surface area contributed by atoms with E-state index in [0.29, 0.717) is 0 Å². The predicted octanol–water partition coefficient (Wildman–Crippen LogP) is 4.01. The molecule has 0 atom stereocenters. The number of nitrogens with zero attached hydrogens (tertiary/aromatic N) is 1. The number of carbonyl (C=O) groups excluding carboxylic acids is 1. The van der Waals surface area contributed by atoms with E-state index >= 15 is 0 Å². The largest absolute Gasteiger partial charge is 0.306 e. The second-order valence-electron chi connectivity index (χ2n) is 4.72. The van der Waals surface area contributed by atoms with E-state index in [0.717, 1.165) is 11.3 Å². The van der Waals surface area contributed by atoms with Crippen LogP contribution in [0.3, 0.4) is 0 Å². The number of fused-ring (bicyclic) bond motifs is 2. The Morgan fingerprint density at radius 2 is 2.00 bits per heavy atom. The lowest BCUT2D eigenvalue weighted by atomic mass is 9.88. The molecule has 0 unspecified atom stereocenters. The maximum atomic E-state index is 13.2. The van der Waals surface area contributed by atoms with Gasteiger partial charge in [-0.3, -0.25) is 4.79 Å². The fourth-order valence-corrected chi connectivity index (χ4v) is 3.29. The monoisotopic (exact) mass is 322 g/mol. The van der Waals surface area contributed by atoms with Crippen molar-refractivity contribution in [3.05, 3.63) is 62.9 Å². The molecule has 22 heavy (non-hydrogen) atoms.